The van der Waals surface area contributed by atoms with Gasteiger partial charge in [-0.2, -0.15) is 0 Å². The number of nitrogens with one attached hydrogen (secondary N) is 1. The van der Waals surface area contributed by atoms with E-state index >= 15 is 0 Å². The average Bonchev–Trinajstić information content (AvgIpc) is 3.27. The van der Waals surface area contributed by atoms with Gasteiger partial charge in [0.15, 0.2) is 0 Å². The monoisotopic (exact) mass is 538 g/mol. The highest BCUT2D eigenvalue weighted by Crippen LogP contribution is 2.27. The summed E-state index contributed by atoms with van der Waals surface area (Å²) in [5.41, 5.74) is 4.05. The van der Waals surface area contributed by atoms with Crippen LogP contribution in [-0.2, 0) is 11.3 Å². The van der Waals surface area contributed by atoms with E-state index in [9.17, 15) is 4.79 Å². The molecule has 5 aromatic rings. The Labute approximate surface area is 218 Å². The number of piperidine rings is 1. The lowest BCUT2D eigenvalue weighted by Crippen LogP contribution is -2.40. The fraction of sp³-hybridized carbons (Fsp3) is 0.200. The molecule has 1 N–H and O–H groups in total. The van der Waals surface area contributed by atoms with Gasteiger partial charge in [-0.3, -0.25) is 14.3 Å². The van der Waals surface area contributed by atoms with E-state index in [1.807, 2.05) is 30.3 Å². The van der Waals surface area contributed by atoms with E-state index < -0.39 is 0 Å². The van der Waals surface area contributed by atoms with Gasteiger partial charge in [0.25, 0.3) is 0 Å². The van der Waals surface area contributed by atoms with Crippen molar-refractivity contribution in [2.24, 2.45) is 5.92 Å². The first-order valence-electron chi connectivity index (χ1n) is 12.4. The first kappa shape index (κ1) is 23.0. The SMILES string of the molecule is O=C(Nc1cccc2ccccc12)[C@@H]1CCCN(Cc2nc3ccccc3n2-c2ccc(Br)cc2)C1. The van der Waals surface area contributed by atoms with Gasteiger partial charge in [-0.25, -0.2) is 4.98 Å². The summed E-state index contributed by atoms with van der Waals surface area (Å²) in [7, 11) is 0. The predicted octanol–water partition coefficient (Wildman–Crippen LogP) is 6.79. The van der Waals surface area contributed by atoms with E-state index in [0.717, 1.165) is 69.4 Å². The molecule has 0 radical (unpaired) electrons. The first-order chi connectivity index (χ1) is 17.7. The number of halogens is 1. The first-order valence-corrected chi connectivity index (χ1v) is 13.2. The van der Waals surface area contributed by atoms with Crippen LogP contribution in [0.3, 0.4) is 0 Å². The number of carbonyl (C=O) groups excluding carboxylic acids is 1. The molecule has 1 fully saturated rings. The van der Waals surface area contributed by atoms with Crippen molar-refractivity contribution in [3.63, 3.8) is 0 Å². The summed E-state index contributed by atoms with van der Waals surface area (Å²) in [5.74, 6) is 1.04. The second-order valence-corrected chi connectivity index (χ2v) is 10.3. The molecule has 1 amide bonds. The van der Waals surface area contributed by atoms with Crippen molar-refractivity contribution in [3.05, 3.63) is 101 Å². The van der Waals surface area contributed by atoms with Crippen LogP contribution in [0.1, 0.15) is 18.7 Å². The number of hydrogen-bond acceptors (Lipinski definition) is 3. The highest BCUT2D eigenvalue weighted by Gasteiger charge is 2.27. The number of nitrogens with zero attached hydrogens (tertiary/aromatic N) is 3. The summed E-state index contributed by atoms with van der Waals surface area (Å²) in [4.78, 5) is 20.7. The number of likely N-dealkylation sites (tertiary alicyclic amines) is 1. The molecule has 6 heteroatoms. The Balaban J connectivity index is 1.23. The Hall–Kier alpha value is -3.48. The van der Waals surface area contributed by atoms with Gasteiger partial charge in [0, 0.05) is 27.8 Å². The molecule has 5 nitrogen and oxygen atoms in total. The van der Waals surface area contributed by atoms with Gasteiger partial charge >= 0.3 is 0 Å². The van der Waals surface area contributed by atoms with Crippen LogP contribution in [0.15, 0.2) is 95.5 Å². The Bertz CT molecular complexity index is 1540. The van der Waals surface area contributed by atoms with Crippen molar-refractivity contribution in [2.75, 3.05) is 18.4 Å². The molecule has 0 spiro atoms. The van der Waals surface area contributed by atoms with Gasteiger partial charge < -0.3 is 5.32 Å². The number of aromatic nitrogens is 2. The van der Waals surface area contributed by atoms with Crippen LogP contribution in [-0.4, -0.2) is 33.4 Å². The molecule has 0 bridgehead atoms. The quantitative estimate of drug-likeness (QED) is 0.268. The molecular weight excluding hydrogens is 512 g/mol. The van der Waals surface area contributed by atoms with Crippen molar-refractivity contribution in [3.8, 4) is 5.69 Å². The number of fused-ring (bicyclic) bond motifs is 2. The third-order valence-corrected chi connectivity index (χ3v) is 7.53. The van der Waals surface area contributed by atoms with Crippen LogP contribution >= 0.6 is 15.9 Å². The van der Waals surface area contributed by atoms with E-state index in [1.165, 1.54) is 0 Å². The van der Waals surface area contributed by atoms with Crippen molar-refractivity contribution < 1.29 is 4.79 Å². The molecule has 0 aliphatic carbocycles. The van der Waals surface area contributed by atoms with Gasteiger partial charge in [0.05, 0.1) is 23.5 Å². The number of benzene rings is 4. The van der Waals surface area contributed by atoms with Gasteiger partial charge in [-0.1, -0.05) is 64.5 Å². The Morgan fingerprint density at radius 3 is 2.61 bits per heavy atom. The molecule has 36 heavy (non-hydrogen) atoms. The van der Waals surface area contributed by atoms with Crippen molar-refractivity contribution in [2.45, 2.75) is 19.4 Å². The van der Waals surface area contributed by atoms with Gasteiger partial charge in [0.1, 0.15) is 5.82 Å². The lowest BCUT2D eigenvalue weighted by Gasteiger charge is -2.32. The second-order valence-electron chi connectivity index (χ2n) is 9.42. The summed E-state index contributed by atoms with van der Waals surface area (Å²) >= 11 is 3.54. The molecule has 2 heterocycles. The number of para-hydroxylation sites is 2. The third kappa shape index (κ3) is 4.54. The minimum atomic E-state index is -0.0526. The Morgan fingerprint density at radius 1 is 0.944 bits per heavy atom. The minimum Gasteiger partial charge on any atom is -0.325 e. The molecule has 0 saturated carbocycles. The summed E-state index contributed by atoms with van der Waals surface area (Å²) in [6, 6.07) is 30.8. The zero-order valence-electron chi connectivity index (χ0n) is 19.9. The number of hydrogen-bond donors (Lipinski definition) is 1. The van der Waals surface area contributed by atoms with Crippen LogP contribution < -0.4 is 5.32 Å². The highest BCUT2D eigenvalue weighted by molar-refractivity contribution is 9.10. The summed E-state index contributed by atoms with van der Waals surface area (Å²) in [5, 5.41) is 5.42. The number of rotatable bonds is 5. The standard InChI is InChI=1S/C30H27BrN4O/c31-23-14-16-24(17-15-23)35-28-13-4-3-11-27(28)32-29(35)20-34-18-6-9-22(19-34)30(36)33-26-12-5-8-21-7-1-2-10-25(21)26/h1-5,7-8,10-17,22H,6,9,18-20H2,(H,33,36)/t22-/m1/s1. The zero-order chi connectivity index (χ0) is 24.5. The normalized spacial score (nSPS) is 16.4. The predicted molar refractivity (Wildman–Crippen MR) is 149 cm³/mol. The number of anilines is 1. The van der Waals surface area contributed by atoms with Crippen LogP contribution in [0, 0.1) is 5.92 Å². The Morgan fingerprint density at radius 2 is 1.72 bits per heavy atom. The highest BCUT2D eigenvalue weighted by atomic mass is 79.9. The topological polar surface area (TPSA) is 50.2 Å². The number of amides is 1. The maximum Gasteiger partial charge on any atom is 0.228 e. The molecule has 0 unspecified atom stereocenters. The fourth-order valence-electron chi connectivity index (χ4n) is 5.24. The van der Waals surface area contributed by atoms with E-state index in [1.54, 1.807) is 0 Å². The van der Waals surface area contributed by atoms with Crippen LogP contribution in [0.2, 0.25) is 0 Å². The molecule has 1 saturated heterocycles. The van der Waals surface area contributed by atoms with Crippen molar-refractivity contribution in [1.29, 1.82) is 0 Å². The second kappa shape index (κ2) is 9.88. The van der Waals surface area contributed by atoms with Crippen LogP contribution in [0.25, 0.3) is 27.5 Å². The van der Waals surface area contributed by atoms with Crippen LogP contribution in [0.5, 0.6) is 0 Å². The number of imidazole rings is 1. The third-order valence-electron chi connectivity index (χ3n) is 7.00. The molecule has 1 aromatic heterocycles. The Kier molecular flexibility index (Phi) is 6.30. The maximum absolute atomic E-state index is 13.3. The molecule has 1 atom stereocenters. The maximum atomic E-state index is 13.3. The van der Waals surface area contributed by atoms with Gasteiger partial charge in [-0.05, 0) is 67.2 Å². The smallest absolute Gasteiger partial charge is 0.228 e. The molecule has 4 aromatic carbocycles. The largest absolute Gasteiger partial charge is 0.325 e. The van der Waals surface area contributed by atoms with E-state index in [-0.39, 0.29) is 11.8 Å². The van der Waals surface area contributed by atoms with Crippen molar-refractivity contribution in [1.82, 2.24) is 14.5 Å². The van der Waals surface area contributed by atoms with E-state index in [0.29, 0.717) is 6.54 Å². The summed E-state index contributed by atoms with van der Waals surface area (Å²) < 4.78 is 3.29. The summed E-state index contributed by atoms with van der Waals surface area (Å²) in [6.45, 7) is 2.38. The zero-order valence-corrected chi connectivity index (χ0v) is 21.5. The fourth-order valence-corrected chi connectivity index (χ4v) is 5.51. The van der Waals surface area contributed by atoms with E-state index in [4.69, 9.17) is 4.98 Å². The molecule has 1 aliphatic rings. The van der Waals surface area contributed by atoms with Crippen LogP contribution in [0.4, 0.5) is 5.69 Å². The minimum absolute atomic E-state index is 0.0526. The molecule has 6 rings (SSSR count). The molecule has 1 aliphatic heterocycles. The van der Waals surface area contributed by atoms with Gasteiger partial charge in [-0.15, -0.1) is 0 Å². The number of carbonyl (C=O) groups is 1. The lowest BCUT2D eigenvalue weighted by molar-refractivity contribution is -0.121. The van der Waals surface area contributed by atoms with Crippen molar-refractivity contribution >= 4 is 49.3 Å². The summed E-state index contributed by atoms with van der Waals surface area (Å²) in [6.07, 6.45) is 1.89. The molecular formula is C30H27BrN4O. The molecule has 180 valence electrons. The van der Waals surface area contributed by atoms with Gasteiger partial charge in [0.2, 0.25) is 5.91 Å². The van der Waals surface area contributed by atoms with E-state index in [2.05, 4.69) is 91.4 Å². The lowest BCUT2D eigenvalue weighted by atomic mass is 9.96. The average molecular weight is 539 g/mol.